The lowest BCUT2D eigenvalue weighted by Gasteiger charge is -2.31. The molecule has 2 aromatic heterocycles. The summed E-state index contributed by atoms with van der Waals surface area (Å²) in [5, 5.41) is 1.68. The summed E-state index contributed by atoms with van der Waals surface area (Å²) in [4.78, 5) is 21.9. The van der Waals surface area contributed by atoms with Crippen LogP contribution in [0.15, 0.2) is 48.8 Å². The lowest BCUT2D eigenvalue weighted by Crippen LogP contribution is -2.47. The monoisotopic (exact) mass is 467 g/mol. The molecule has 0 fully saturated rings. The van der Waals surface area contributed by atoms with Gasteiger partial charge in [-0.15, -0.1) is 0 Å². The van der Waals surface area contributed by atoms with Gasteiger partial charge in [-0.1, -0.05) is 26.0 Å². The van der Waals surface area contributed by atoms with Crippen molar-refractivity contribution in [3.05, 3.63) is 77.6 Å². The van der Waals surface area contributed by atoms with Gasteiger partial charge in [-0.25, -0.2) is 18.2 Å². The summed E-state index contributed by atoms with van der Waals surface area (Å²) in [5.41, 5.74) is 3.88. The van der Waals surface area contributed by atoms with Crippen LogP contribution in [0.4, 0.5) is 18.9 Å². The van der Waals surface area contributed by atoms with Gasteiger partial charge in [0, 0.05) is 24.0 Å². The first-order valence-electron chi connectivity index (χ1n) is 10.7. The highest BCUT2D eigenvalue weighted by Crippen LogP contribution is 2.32. The number of nitrogens with one attached hydrogen (secondary N) is 1. The number of carbonyl (C=O) groups excluding carboxylic acids is 1. The molecule has 1 N–H and O–H groups in total. The second-order valence-electron chi connectivity index (χ2n) is 8.13. The van der Waals surface area contributed by atoms with Gasteiger partial charge in [-0.05, 0) is 24.1 Å². The van der Waals surface area contributed by atoms with Crippen LogP contribution in [0.3, 0.4) is 0 Å². The zero-order chi connectivity index (χ0) is 24.0. The highest BCUT2D eigenvalue weighted by molar-refractivity contribution is 5.96. The third-order valence-electron chi connectivity index (χ3n) is 5.55. The molecule has 174 valence electrons. The third kappa shape index (κ3) is 3.60. The third-order valence-corrected chi connectivity index (χ3v) is 5.55. The summed E-state index contributed by atoms with van der Waals surface area (Å²) < 4.78 is 49.5. The van der Waals surface area contributed by atoms with Crippen molar-refractivity contribution in [3.63, 3.8) is 0 Å². The van der Waals surface area contributed by atoms with Crippen molar-refractivity contribution in [2.24, 2.45) is 0 Å². The van der Waals surface area contributed by atoms with Crippen LogP contribution < -0.4 is 15.2 Å². The van der Waals surface area contributed by atoms with Gasteiger partial charge in [-0.3, -0.25) is 24.6 Å². The molecule has 0 spiro atoms. The number of hydrogen-bond donors (Lipinski definition) is 1. The van der Waals surface area contributed by atoms with E-state index < -0.39 is 23.4 Å². The lowest BCUT2D eigenvalue weighted by molar-refractivity contribution is 0.0939. The summed E-state index contributed by atoms with van der Waals surface area (Å²) in [5.74, 6) is -3.52. The Bertz CT molecular complexity index is 1420. The number of ether oxygens (including phenoxy) is 1. The minimum Gasteiger partial charge on any atom is -0.489 e. The van der Waals surface area contributed by atoms with Crippen LogP contribution in [0.2, 0.25) is 0 Å². The molecule has 1 amide bonds. The molecule has 0 aliphatic carbocycles. The van der Waals surface area contributed by atoms with E-state index >= 15 is 0 Å². The van der Waals surface area contributed by atoms with E-state index in [-0.39, 0.29) is 28.5 Å². The Labute approximate surface area is 192 Å². The molecule has 1 aliphatic rings. The molecule has 5 rings (SSSR count). The molecule has 0 radical (unpaired) electrons. The number of imidazole rings is 1. The normalized spacial score (nSPS) is 13.2. The number of rotatable bonds is 4. The smallest absolute Gasteiger partial charge is 0.290 e. The van der Waals surface area contributed by atoms with Gasteiger partial charge in [0.05, 0.1) is 17.9 Å². The number of halogens is 3. The maximum Gasteiger partial charge on any atom is 0.290 e. The topological polar surface area (TPSA) is 71.8 Å². The van der Waals surface area contributed by atoms with E-state index in [1.165, 1.54) is 6.20 Å². The molecular weight excluding hydrogens is 447 g/mol. The van der Waals surface area contributed by atoms with Crippen molar-refractivity contribution < 1.29 is 22.7 Å². The summed E-state index contributed by atoms with van der Waals surface area (Å²) in [6.45, 7) is 4.57. The molecule has 4 aromatic rings. The van der Waals surface area contributed by atoms with E-state index in [0.29, 0.717) is 36.3 Å². The molecule has 0 atom stereocenters. The van der Waals surface area contributed by atoms with E-state index in [4.69, 9.17) is 4.74 Å². The van der Waals surface area contributed by atoms with Gasteiger partial charge < -0.3 is 4.74 Å². The van der Waals surface area contributed by atoms with E-state index in [0.717, 1.165) is 6.07 Å². The van der Waals surface area contributed by atoms with Crippen molar-refractivity contribution in [1.29, 1.82) is 0 Å². The molecule has 0 bridgehead atoms. The number of hydrazine groups is 1. The highest BCUT2D eigenvalue weighted by atomic mass is 19.2. The van der Waals surface area contributed by atoms with Crippen LogP contribution in [0, 0.1) is 17.5 Å². The average Bonchev–Trinajstić information content (AvgIpc) is 3.22. The Morgan fingerprint density at radius 1 is 1.18 bits per heavy atom. The zero-order valence-corrected chi connectivity index (χ0v) is 18.3. The van der Waals surface area contributed by atoms with Gasteiger partial charge in [-0.2, -0.15) is 0 Å². The van der Waals surface area contributed by atoms with Gasteiger partial charge in [0.2, 0.25) is 0 Å². The SMILES string of the molecule is CC(C)c1c(C(=O)NN2CCOc3ccccc32)nc2c(-c3cc(F)cc(F)c3F)nccn12. The number of anilines is 1. The van der Waals surface area contributed by atoms with Gasteiger partial charge in [0.15, 0.2) is 23.0 Å². The molecule has 0 unspecified atom stereocenters. The Morgan fingerprint density at radius 3 is 2.76 bits per heavy atom. The largest absolute Gasteiger partial charge is 0.489 e. The van der Waals surface area contributed by atoms with E-state index in [9.17, 15) is 18.0 Å². The Hall–Kier alpha value is -4.08. The number of para-hydroxylation sites is 2. The van der Waals surface area contributed by atoms with E-state index in [1.54, 1.807) is 15.6 Å². The van der Waals surface area contributed by atoms with Crippen LogP contribution in [0.5, 0.6) is 5.75 Å². The van der Waals surface area contributed by atoms with Crippen molar-refractivity contribution in [2.45, 2.75) is 19.8 Å². The summed E-state index contributed by atoms with van der Waals surface area (Å²) in [6.07, 6.45) is 2.95. The lowest BCUT2D eigenvalue weighted by atomic mass is 10.1. The van der Waals surface area contributed by atoms with Gasteiger partial charge in [0.1, 0.15) is 23.9 Å². The standard InChI is InChI=1S/C24H20F3N5O2/c1-13(2)22-21(24(33)30-32-9-10-34-18-6-4-3-5-17(18)32)29-23-20(28-7-8-31(22)23)15-11-14(25)12-16(26)19(15)27/h3-8,11-13H,9-10H2,1-2H3,(H,30,33). The van der Waals surface area contributed by atoms with Crippen LogP contribution in [-0.2, 0) is 0 Å². The summed E-state index contributed by atoms with van der Waals surface area (Å²) in [6, 6.07) is 8.62. The van der Waals surface area contributed by atoms with Crippen molar-refractivity contribution >= 4 is 17.2 Å². The second-order valence-corrected chi connectivity index (χ2v) is 8.13. The van der Waals surface area contributed by atoms with Crippen LogP contribution in [0.1, 0.15) is 35.9 Å². The van der Waals surface area contributed by atoms with Gasteiger partial charge in [0.25, 0.3) is 5.91 Å². The Kier molecular flexibility index (Phi) is 5.35. The molecule has 34 heavy (non-hydrogen) atoms. The number of aromatic nitrogens is 3. The van der Waals surface area contributed by atoms with Crippen molar-refractivity contribution in [2.75, 3.05) is 18.2 Å². The van der Waals surface area contributed by atoms with E-state index in [2.05, 4.69) is 15.4 Å². The van der Waals surface area contributed by atoms with Crippen molar-refractivity contribution in [3.8, 4) is 17.0 Å². The second kappa shape index (κ2) is 8.36. The number of fused-ring (bicyclic) bond motifs is 2. The summed E-state index contributed by atoms with van der Waals surface area (Å²) >= 11 is 0. The predicted octanol–water partition coefficient (Wildman–Crippen LogP) is 4.48. The maximum atomic E-state index is 14.6. The molecule has 3 heterocycles. The molecule has 0 saturated heterocycles. The summed E-state index contributed by atoms with van der Waals surface area (Å²) in [7, 11) is 0. The fraction of sp³-hybridized carbons (Fsp3) is 0.208. The quantitative estimate of drug-likeness (QED) is 0.448. The molecule has 2 aromatic carbocycles. The first-order valence-corrected chi connectivity index (χ1v) is 10.7. The molecule has 1 aliphatic heterocycles. The molecule has 10 heteroatoms. The van der Waals surface area contributed by atoms with E-state index in [1.807, 2.05) is 38.1 Å². The van der Waals surface area contributed by atoms with Crippen LogP contribution >= 0.6 is 0 Å². The number of hydrogen-bond acceptors (Lipinski definition) is 5. The maximum absolute atomic E-state index is 14.6. The first kappa shape index (κ1) is 21.7. The van der Waals surface area contributed by atoms with Crippen LogP contribution in [-0.4, -0.2) is 33.4 Å². The van der Waals surface area contributed by atoms with Gasteiger partial charge >= 0.3 is 0 Å². The predicted molar refractivity (Wildman–Crippen MR) is 119 cm³/mol. The minimum atomic E-state index is -1.33. The molecular formula is C24H20F3N5O2. The highest BCUT2D eigenvalue weighted by Gasteiger charge is 2.27. The van der Waals surface area contributed by atoms with Crippen molar-refractivity contribution in [1.82, 2.24) is 19.8 Å². The fourth-order valence-electron chi connectivity index (χ4n) is 4.09. The number of nitrogens with zero attached hydrogens (tertiary/aromatic N) is 4. The Balaban J connectivity index is 1.61. The number of carbonyl (C=O) groups is 1. The fourth-order valence-corrected chi connectivity index (χ4v) is 4.09. The Morgan fingerprint density at radius 2 is 1.97 bits per heavy atom. The average molecular weight is 467 g/mol. The number of amides is 1. The molecule has 0 saturated carbocycles. The molecule has 7 nitrogen and oxygen atoms in total. The van der Waals surface area contributed by atoms with Crippen LogP contribution in [0.25, 0.3) is 16.9 Å². The zero-order valence-electron chi connectivity index (χ0n) is 18.3. The number of benzene rings is 2. The minimum absolute atomic E-state index is 0.0731. The first-order chi connectivity index (χ1) is 16.3.